The Bertz CT molecular complexity index is 367. The fourth-order valence-corrected chi connectivity index (χ4v) is 3.26. The van der Waals surface area contributed by atoms with E-state index in [0.717, 1.165) is 38.9 Å². The van der Waals surface area contributed by atoms with Gasteiger partial charge in [0, 0.05) is 45.3 Å². The van der Waals surface area contributed by atoms with Crippen LogP contribution >= 0.6 is 0 Å². The van der Waals surface area contributed by atoms with Crippen LogP contribution in [-0.2, 0) is 9.59 Å². The minimum absolute atomic E-state index is 0.161. The molecule has 6 nitrogen and oxygen atoms in total. The quantitative estimate of drug-likeness (QED) is 0.706. The summed E-state index contributed by atoms with van der Waals surface area (Å²) in [7, 11) is 0. The molecule has 120 valence electrons. The molecule has 1 aliphatic carbocycles. The summed E-state index contributed by atoms with van der Waals surface area (Å²) in [5.41, 5.74) is 5.53. The zero-order valence-electron chi connectivity index (χ0n) is 13.0. The van der Waals surface area contributed by atoms with Gasteiger partial charge in [-0.05, 0) is 18.8 Å². The smallest absolute Gasteiger partial charge is 0.311 e. The maximum absolute atomic E-state index is 12.2. The standard InChI is InChI=1S/C15H28N4O2/c1-12-4-2-3-5-13(12)17-14(20)15(21)19-10-8-18(7-6-16)9-11-19/h12-13H,2-11,16H2,1H3,(H,17,20). The maximum atomic E-state index is 12.2. The van der Waals surface area contributed by atoms with Crippen LogP contribution in [0.15, 0.2) is 0 Å². The van der Waals surface area contributed by atoms with Crippen LogP contribution in [0.2, 0.25) is 0 Å². The minimum atomic E-state index is -0.430. The molecule has 0 aromatic carbocycles. The van der Waals surface area contributed by atoms with Crippen molar-refractivity contribution in [3.05, 3.63) is 0 Å². The molecule has 21 heavy (non-hydrogen) atoms. The molecule has 2 unspecified atom stereocenters. The average molecular weight is 296 g/mol. The van der Waals surface area contributed by atoms with Crippen molar-refractivity contribution >= 4 is 11.8 Å². The molecule has 2 amide bonds. The van der Waals surface area contributed by atoms with Gasteiger partial charge in [-0.25, -0.2) is 0 Å². The van der Waals surface area contributed by atoms with E-state index in [0.29, 0.717) is 25.6 Å². The zero-order chi connectivity index (χ0) is 15.2. The molecule has 2 aliphatic rings. The Labute approximate surface area is 127 Å². The largest absolute Gasteiger partial charge is 0.345 e. The van der Waals surface area contributed by atoms with Crippen molar-refractivity contribution in [1.29, 1.82) is 0 Å². The second kappa shape index (κ2) is 7.75. The summed E-state index contributed by atoms with van der Waals surface area (Å²) in [6.45, 7) is 6.48. The lowest BCUT2D eigenvalue weighted by molar-refractivity contribution is -0.147. The van der Waals surface area contributed by atoms with E-state index in [1.807, 2.05) is 0 Å². The Morgan fingerprint density at radius 3 is 2.43 bits per heavy atom. The molecule has 0 spiro atoms. The molecule has 1 aliphatic heterocycles. The highest BCUT2D eigenvalue weighted by molar-refractivity contribution is 6.35. The third-order valence-corrected chi connectivity index (χ3v) is 4.73. The topological polar surface area (TPSA) is 78.7 Å². The highest BCUT2D eigenvalue weighted by atomic mass is 16.2. The number of hydrogen-bond donors (Lipinski definition) is 2. The molecule has 2 fully saturated rings. The van der Waals surface area contributed by atoms with E-state index < -0.39 is 5.91 Å². The van der Waals surface area contributed by atoms with Crippen LogP contribution in [0.5, 0.6) is 0 Å². The summed E-state index contributed by atoms with van der Waals surface area (Å²) in [6, 6.07) is 0.161. The van der Waals surface area contributed by atoms with E-state index in [1.54, 1.807) is 4.90 Å². The number of nitrogens with two attached hydrogens (primary N) is 1. The number of carbonyl (C=O) groups is 2. The van der Waals surface area contributed by atoms with Gasteiger partial charge in [0.2, 0.25) is 0 Å². The summed E-state index contributed by atoms with van der Waals surface area (Å²) in [6.07, 6.45) is 4.49. The number of rotatable bonds is 3. The van der Waals surface area contributed by atoms with Crippen LogP contribution in [0.4, 0.5) is 0 Å². The lowest BCUT2D eigenvalue weighted by Gasteiger charge is -2.35. The van der Waals surface area contributed by atoms with Crippen molar-refractivity contribution in [1.82, 2.24) is 15.1 Å². The Balaban J connectivity index is 1.78. The second-order valence-electron chi connectivity index (χ2n) is 6.26. The third-order valence-electron chi connectivity index (χ3n) is 4.73. The first-order valence-electron chi connectivity index (χ1n) is 8.14. The van der Waals surface area contributed by atoms with Gasteiger partial charge in [0.05, 0.1) is 0 Å². The lowest BCUT2D eigenvalue weighted by Crippen LogP contribution is -2.55. The third kappa shape index (κ3) is 4.41. The van der Waals surface area contributed by atoms with Gasteiger partial charge in [0.1, 0.15) is 0 Å². The SMILES string of the molecule is CC1CCCCC1NC(=O)C(=O)N1CCN(CCN)CC1. The molecule has 1 saturated carbocycles. The molecule has 1 saturated heterocycles. The number of piperazine rings is 1. The van der Waals surface area contributed by atoms with Gasteiger partial charge in [-0.3, -0.25) is 14.5 Å². The molecule has 0 aromatic heterocycles. The highest BCUT2D eigenvalue weighted by Gasteiger charge is 2.29. The first-order chi connectivity index (χ1) is 10.1. The predicted molar refractivity (Wildman–Crippen MR) is 81.6 cm³/mol. The van der Waals surface area contributed by atoms with E-state index in [9.17, 15) is 9.59 Å². The lowest BCUT2D eigenvalue weighted by atomic mass is 9.86. The van der Waals surface area contributed by atoms with Crippen molar-refractivity contribution in [3.8, 4) is 0 Å². The van der Waals surface area contributed by atoms with Crippen molar-refractivity contribution in [2.24, 2.45) is 11.7 Å². The second-order valence-corrected chi connectivity index (χ2v) is 6.26. The number of hydrogen-bond acceptors (Lipinski definition) is 4. The zero-order valence-corrected chi connectivity index (χ0v) is 13.0. The molecule has 0 radical (unpaired) electrons. The molecule has 0 aromatic rings. The molecule has 1 heterocycles. The van der Waals surface area contributed by atoms with Crippen LogP contribution < -0.4 is 11.1 Å². The van der Waals surface area contributed by atoms with E-state index in [2.05, 4.69) is 17.1 Å². The summed E-state index contributed by atoms with van der Waals surface area (Å²) in [4.78, 5) is 28.2. The Morgan fingerprint density at radius 1 is 1.14 bits per heavy atom. The Kier molecular flexibility index (Phi) is 5.99. The monoisotopic (exact) mass is 296 g/mol. The number of amides is 2. The Hall–Kier alpha value is -1.14. The van der Waals surface area contributed by atoms with Gasteiger partial charge in [0.15, 0.2) is 0 Å². The fourth-order valence-electron chi connectivity index (χ4n) is 3.26. The first-order valence-corrected chi connectivity index (χ1v) is 8.14. The van der Waals surface area contributed by atoms with Crippen molar-refractivity contribution in [3.63, 3.8) is 0 Å². The molecular weight excluding hydrogens is 268 g/mol. The Morgan fingerprint density at radius 2 is 1.81 bits per heavy atom. The normalized spacial score (nSPS) is 27.4. The molecule has 2 rings (SSSR count). The van der Waals surface area contributed by atoms with E-state index in [1.165, 1.54) is 6.42 Å². The van der Waals surface area contributed by atoms with Gasteiger partial charge >= 0.3 is 11.8 Å². The number of nitrogens with zero attached hydrogens (tertiary/aromatic N) is 2. The van der Waals surface area contributed by atoms with Crippen LogP contribution in [0, 0.1) is 5.92 Å². The van der Waals surface area contributed by atoms with Gasteiger partial charge in [-0.15, -0.1) is 0 Å². The van der Waals surface area contributed by atoms with Crippen LogP contribution in [0.25, 0.3) is 0 Å². The van der Waals surface area contributed by atoms with E-state index in [4.69, 9.17) is 5.73 Å². The van der Waals surface area contributed by atoms with Crippen molar-refractivity contribution in [2.75, 3.05) is 39.3 Å². The van der Waals surface area contributed by atoms with Crippen LogP contribution in [0.3, 0.4) is 0 Å². The summed E-state index contributed by atoms with van der Waals surface area (Å²) >= 11 is 0. The van der Waals surface area contributed by atoms with Crippen molar-refractivity contribution < 1.29 is 9.59 Å². The summed E-state index contributed by atoms with van der Waals surface area (Å²) in [5.74, 6) is -0.335. The number of nitrogens with one attached hydrogen (secondary N) is 1. The van der Waals surface area contributed by atoms with Gasteiger partial charge in [-0.1, -0.05) is 19.8 Å². The molecule has 3 N–H and O–H groups in total. The molecule has 2 atom stereocenters. The van der Waals surface area contributed by atoms with Gasteiger partial charge < -0.3 is 16.0 Å². The molecular formula is C15H28N4O2. The molecule has 6 heteroatoms. The highest BCUT2D eigenvalue weighted by Crippen LogP contribution is 2.23. The maximum Gasteiger partial charge on any atom is 0.311 e. The molecule has 0 bridgehead atoms. The van der Waals surface area contributed by atoms with Crippen LogP contribution in [-0.4, -0.2) is 66.9 Å². The number of carbonyl (C=O) groups excluding carboxylic acids is 2. The van der Waals surface area contributed by atoms with Crippen LogP contribution in [0.1, 0.15) is 32.6 Å². The van der Waals surface area contributed by atoms with E-state index in [-0.39, 0.29) is 11.9 Å². The van der Waals surface area contributed by atoms with Gasteiger partial charge in [0.25, 0.3) is 0 Å². The summed E-state index contributed by atoms with van der Waals surface area (Å²) < 4.78 is 0. The van der Waals surface area contributed by atoms with Crippen molar-refractivity contribution in [2.45, 2.75) is 38.6 Å². The van der Waals surface area contributed by atoms with Gasteiger partial charge in [-0.2, -0.15) is 0 Å². The first kappa shape index (κ1) is 16.2. The summed E-state index contributed by atoms with van der Waals surface area (Å²) in [5, 5.41) is 2.94. The van der Waals surface area contributed by atoms with E-state index >= 15 is 0 Å². The predicted octanol–water partition coefficient (Wildman–Crippen LogP) is -0.216. The minimum Gasteiger partial charge on any atom is -0.345 e. The average Bonchev–Trinajstić information content (AvgIpc) is 2.50. The fraction of sp³-hybridized carbons (Fsp3) is 0.867.